The first-order valence-corrected chi connectivity index (χ1v) is 8.00. The normalized spacial score (nSPS) is 11.5. The third-order valence-electron chi connectivity index (χ3n) is 2.34. The number of hydrogen-bond donors (Lipinski definition) is 0. The van der Waals surface area contributed by atoms with Crippen LogP contribution in [0.25, 0.3) is 0 Å². The van der Waals surface area contributed by atoms with Crippen LogP contribution in [0.5, 0.6) is 0 Å². The predicted octanol–water partition coefficient (Wildman–Crippen LogP) is 3.20. The molecule has 3 nitrogen and oxygen atoms in total. The van der Waals surface area contributed by atoms with E-state index in [4.69, 9.17) is 11.6 Å². The number of Topliss-reactive ketones (excluding diaryl/α,β-unsaturated/α-hetero) is 1. The summed E-state index contributed by atoms with van der Waals surface area (Å²) in [6.45, 7) is 0. The van der Waals surface area contributed by atoms with Crippen molar-refractivity contribution >= 4 is 38.6 Å². The second-order valence-corrected chi connectivity index (χ2v) is 7.44. The van der Waals surface area contributed by atoms with Gasteiger partial charge in [0.15, 0.2) is 15.6 Å². The first-order valence-electron chi connectivity index (χ1n) is 5.15. The molecule has 19 heavy (non-hydrogen) atoms. The summed E-state index contributed by atoms with van der Waals surface area (Å²) in [5.74, 6) is -1.72. The second kappa shape index (κ2) is 5.40. The number of carbonyl (C=O) groups excluding carboxylic acids is 1. The fourth-order valence-corrected chi connectivity index (χ4v) is 3.72. The standard InChI is InChI=1S/C12H8ClFO3S2/c13-12-6-5-11(18-12)10(15)7-19(16,17)9-3-1-8(14)2-4-9/h1-6H,7H2. The molecule has 2 aromatic rings. The van der Waals surface area contributed by atoms with Crippen molar-refractivity contribution in [3.63, 3.8) is 0 Å². The number of rotatable bonds is 4. The molecule has 0 N–H and O–H groups in total. The van der Waals surface area contributed by atoms with Crippen molar-refractivity contribution in [2.75, 3.05) is 5.75 Å². The zero-order valence-electron chi connectivity index (χ0n) is 9.47. The van der Waals surface area contributed by atoms with Crippen molar-refractivity contribution in [3.8, 4) is 0 Å². The Balaban J connectivity index is 2.22. The lowest BCUT2D eigenvalue weighted by Crippen LogP contribution is -2.15. The van der Waals surface area contributed by atoms with Gasteiger partial charge in [0.25, 0.3) is 0 Å². The molecule has 0 aliphatic rings. The second-order valence-electron chi connectivity index (χ2n) is 3.74. The Morgan fingerprint density at radius 3 is 2.32 bits per heavy atom. The monoisotopic (exact) mass is 318 g/mol. The summed E-state index contributed by atoms with van der Waals surface area (Å²) >= 11 is 6.71. The largest absolute Gasteiger partial charge is 0.292 e. The van der Waals surface area contributed by atoms with Gasteiger partial charge in [-0.25, -0.2) is 12.8 Å². The Bertz CT molecular complexity index is 705. The third-order valence-corrected chi connectivity index (χ3v) is 5.25. The molecular weight excluding hydrogens is 311 g/mol. The Morgan fingerprint density at radius 1 is 1.16 bits per heavy atom. The number of halogens is 2. The highest BCUT2D eigenvalue weighted by molar-refractivity contribution is 7.92. The number of carbonyl (C=O) groups is 1. The maximum absolute atomic E-state index is 12.7. The van der Waals surface area contributed by atoms with E-state index in [9.17, 15) is 17.6 Å². The Kier molecular flexibility index (Phi) is 4.03. The van der Waals surface area contributed by atoms with E-state index < -0.39 is 27.2 Å². The van der Waals surface area contributed by atoms with E-state index in [2.05, 4.69) is 0 Å². The zero-order valence-corrected chi connectivity index (χ0v) is 11.9. The number of sulfone groups is 1. The number of ketones is 1. The molecule has 0 spiro atoms. The highest BCUT2D eigenvalue weighted by Crippen LogP contribution is 2.23. The summed E-state index contributed by atoms with van der Waals surface area (Å²) in [5, 5.41) is 0. The molecule has 1 heterocycles. The molecule has 0 fully saturated rings. The number of benzene rings is 1. The molecule has 0 saturated carbocycles. The van der Waals surface area contributed by atoms with Gasteiger partial charge in [0, 0.05) is 0 Å². The Labute approximate surface area is 118 Å². The molecule has 1 aromatic heterocycles. The van der Waals surface area contributed by atoms with Gasteiger partial charge in [-0.15, -0.1) is 11.3 Å². The van der Waals surface area contributed by atoms with E-state index in [1.807, 2.05) is 0 Å². The summed E-state index contributed by atoms with van der Waals surface area (Å²) in [5.41, 5.74) is 0. The molecule has 1 aromatic carbocycles. The molecule has 0 unspecified atom stereocenters. The topological polar surface area (TPSA) is 51.2 Å². The highest BCUT2D eigenvalue weighted by Gasteiger charge is 2.21. The van der Waals surface area contributed by atoms with E-state index in [-0.39, 0.29) is 9.77 Å². The average molecular weight is 319 g/mol. The van der Waals surface area contributed by atoms with E-state index in [0.717, 1.165) is 35.6 Å². The van der Waals surface area contributed by atoms with Crippen LogP contribution in [0.3, 0.4) is 0 Å². The van der Waals surface area contributed by atoms with Crippen LogP contribution in [-0.2, 0) is 9.84 Å². The summed E-state index contributed by atoms with van der Waals surface area (Å²) in [7, 11) is -3.77. The molecule has 0 amide bonds. The minimum Gasteiger partial charge on any atom is -0.292 e. The summed E-state index contributed by atoms with van der Waals surface area (Å²) in [4.78, 5) is 12.0. The van der Waals surface area contributed by atoms with E-state index in [0.29, 0.717) is 4.34 Å². The Hall–Kier alpha value is -1.24. The minimum absolute atomic E-state index is 0.0788. The molecule has 0 atom stereocenters. The maximum atomic E-state index is 12.7. The average Bonchev–Trinajstić information content (AvgIpc) is 2.76. The molecule has 2 rings (SSSR count). The molecule has 0 aliphatic carbocycles. The first kappa shape index (κ1) is 14.2. The lowest BCUT2D eigenvalue weighted by atomic mass is 10.3. The summed E-state index contributed by atoms with van der Waals surface area (Å²) in [6.07, 6.45) is 0. The van der Waals surface area contributed by atoms with Crippen molar-refractivity contribution in [2.45, 2.75) is 4.90 Å². The summed E-state index contributed by atoms with van der Waals surface area (Å²) in [6, 6.07) is 7.37. The van der Waals surface area contributed by atoms with Crippen LogP contribution in [-0.4, -0.2) is 20.0 Å². The first-order chi connectivity index (χ1) is 8.88. The van der Waals surface area contributed by atoms with Crippen LogP contribution in [0.1, 0.15) is 9.67 Å². The quantitative estimate of drug-likeness (QED) is 0.642. The van der Waals surface area contributed by atoms with Gasteiger partial charge in [0.1, 0.15) is 11.6 Å². The van der Waals surface area contributed by atoms with Gasteiger partial charge in [-0.3, -0.25) is 4.79 Å². The van der Waals surface area contributed by atoms with E-state index in [1.54, 1.807) is 0 Å². The van der Waals surface area contributed by atoms with Gasteiger partial charge in [0.2, 0.25) is 0 Å². The fourth-order valence-electron chi connectivity index (χ4n) is 1.43. The van der Waals surface area contributed by atoms with Crippen molar-refractivity contribution in [1.82, 2.24) is 0 Å². The van der Waals surface area contributed by atoms with Gasteiger partial charge in [-0.2, -0.15) is 0 Å². The van der Waals surface area contributed by atoms with E-state index >= 15 is 0 Å². The van der Waals surface area contributed by atoms with Crippen LogP contribution in [0.15, 0.2) is 41.3 Å². The van der Waals surface area contributed by atoms with Gasteiger partial charge < -0.3 is 0 Å². The lowest BCUT2D eigenvalue weighted by Gasteiger charge is -2.02. The van der Waals surface area contributed by atoms with Crippen LogP contribution >= 0.6 is 22.9 Å². The van der Waals surface area contributed by atoms with Crippen molar-refractivity contribution in [3.05, 3.63) is 51.4 Å². The van der Waals surface area contributed by atoms with Crippen LogP contribution in [0.2, 0.25) is 4.34 Å². The SMILES string of the molecule is O=C(CS(=O)(=O)c1ccc(F)cc1)c1ccc(Cl)s1. The van der Waals surface area contributed by atoms with Crippen molar-refractivity contribution in [1.29, 1.82) is 0 Å². The van der Waals surface area contributed by atoms with Crippen molar-refractivity contribution < 1.29 is 17.6 Å². The van der Waals surface area contributed by atoms with Crippen LogP contribution in [0, 0.1) is 5.82 Å². The predicted molar refractivity (Wildman–Crippen MR) is 72.1 cm³/mol. The van der Waals surface area contributed by atoms with E-state index in [1.165, 1.54) is 12.1 Å². The fraction of sp³-hybridized carbons (Fsp3) is 0.0833. The van der Waals surface area contributed by atoms with Crippen molar-refractivity contribution in [2.24, 2.45) is 0 Å². The minimum atomic E-state index is -3.77. The third kappa shape index (κ3) is 3.40. The molecule has 0 radical (unpaired) electrons. The van der Waals surface area contributed by atoms with Gasteiger partial charge in [-0.1, -0.05) is 11.6 Å². The van der Waals surface area contributed by atoms with Gasteiger partial charge in [0.05, 0.1) is 14.1 Å². The molecule has 0 bridgehead atoms. The summed E-state index contributed by atoms with van der Waals surface area (Å²) < 4.78 is 37.1. The number of hydrogen-bond acceptors (Lipinski definition) is 4. The smallest absolute Gasteiger partial charge is 0.188 e. The highest BCUT2D eigenvalue weighted by atomic mass is 35.5. The molecular formula is C12H8ClFO3S2. The zero-order chi connectivity index (χ0) is 14.0. The van der Waals surface area contributed by atoms with Gasteiger partial charge >= 0.3 is 0 Å². The molecule has 100 valence electrons. The van der Waals surface area contributed by atoms with Crippen LogP contribution in [0.4, 0.5) is 4.39 Å². The van der Waals surface area contributed by atoms with Gasteiger partial charge in [-0.05, 0) is 36.4 Å². The van der Waals surface area contributed by atoms with Crippen LogP contribution < -0.4 is 0 Å². The maximum Gasteiger partial charge on any atom is 0.188 e. The molecule has 7 heteroatoms. The lowest BCUT2D eigenvalue weighted by molar-refractivity contribution is 0.102. The molecule has 0 aliphatic heterocycles. The Morgan fingerprint density at radius 2 is 1.79 bits per heavy atom. The number of thiophene rings is 1. The molecule has 0 saturated heterocycles.